The molecule has 2 aliphatic heterocycles. The number of nitrogens with one attached hydrogen (secondary N) is 1. The van der Waals surface area contributed by atoms with Gasteiger partial charge in [0.1, 0.15) is 11.6 Å². The molecule has 8 nitrogen and oxygen atoms in total. The first-order valence-corrected chi connectivity index (χ1v) is 15.8. The molecule has 2 aliphatic rings. The van der Waals surface area contributed by atoms with Gasteiger partial charge in [0.15, 0.2) is 21.0 Å². The average molecular weight is 606 g/mol. The minimum absolute atomic E-state index is 0.0108. The van der Waals surface area contributed by atoms with Gasteiger partial charge in [-0.25, -0.2) is 36.5 Å². The number of nitrogens with zero attached hydrogens (tertiary/aromatic N) is 4. The molecule has 2 aromatic heterocycles. The zero-order valence-electron chi connectivity index (χ0n) is 21.0. The van der Waals surface area contributed by atoms with Gasteiger partial charge in [0.05, 0.1) is 47.2 Å². The Morgan fingerprint density at radius 2 is 1.73 bits per heavy atom. The van der Waals surface area contributed by atoms with Crippen molar-refractivity contribution in [3.8, 4) is 21.8 Å². The largest absolute Gasteiger partial charge is 0.377 e. The van der Waals surface area contributed by atoms with Gasteiger partial charge in [-0.3, -0.25) is 4.72 Å². The van der Waals surface area contributed by atoms with Crippen LogP contribution in [0.3, 0.4) is 0 Å². The van der Waals surface area contributed by atoms with Gasteiger partial charge in [-0.1, -0.05) is 35.2 Å². The number of hydrogen-bond acceptors (Lipinski definition) is 9. The van der Waals surface area contributed by atoms with Gasteiger partial charge in [0.25, 0.3) is 10.0 Å². The highest BCUT2D eigenvalue weighted by Crippen LogP contribution is 2.45. The van der Waals surface area contributed by atoms with E-state index in [1.54, 1.807) is 12.3 Å². The van der Waals surface area contributed by atoms with Crippen molar-refractivity contribution in [2.24, 2.45) is 0 Å². The molecule has 0 spiro atoms. The SMILES string of the molecule is CSc1nccc(-c2sc(N3C4CCC3COC4)nc2-c2cccc(NS(=O)(=O)c3c(F)cccc3F)c2F)n1. The normalized spacial score (nSPS) is 18.8. The lowest BCUT2D eigenvalue weighted by Crippen LogP contribution is -2.45. The van der Waals surface area contributed by atoms with Crippen molar-refractivity contribution in [3.63, 3.8) is 0 Å². The molecule has 40 heavy (non-hydrogen) atoms. The summed E-state index contributed by atoms with van der Waals surface area (Å²) >= 11 is 2.72. The highest BCUT2D eigenvalue weighted by molar-refractivity contribution is 7.98. The van der Waals surface area contributed by atoms with Crippen LogP contribution in [0, 0.1) is 17.5 Å². The van der Waals surface area contributed by atoms with Crippen molar-refractivity contribution in [1.82, 2.24) is 15.0 Å². The second-order valence-corrected chi connectivity index (χ2v) is 12.6. The van der Waals surface area contributed by atoms with E-state index < -0.39 is 38.1 Å². The molecular formula is C26H22F3N5O3S3. The highest BCUT2D eigenvalue weighted by atomic mass is 32.2. The number of ether oxygens (including phenoxy) is 1. The zero-order valence-corrected chi connectivity index (χ0v) is 23.4. The van der Waals surface area contributed by atoms with Gasteiger partial charge >= 0.3 is 0 Å². The maximum absolute atomic E-state index is 16.0. The van der Waals surface area contributed by atoms with Crippen molar-refractivity contribution in [1.29, 1.82) is 0 Å². The van der Waals surface area contributed by atoms with Crippen LogP contribution < -0.4 is 9.62 Å². The van der Waals surface area contributed by atoms with E-state index in [9.17, 15) is 17.2 Å². The number of benzene rings is 2. The van der Waals surface area contributed by atoms with E-state index in [-0.39, 0.29) is 23.3 Å². The summed E-state index contributed by atoms with van der Waals surface area (Å²) in [6.07, 6.45) is 5.37. The predicted molar refractivity (Wildman–Crippen MR) is 148 cm³/mol. The predicted octanol–water partition coefficient (Wildman–Crippen LogP) is 5.57. The van der Waals surface area contributed by atoms with E-state index in [2.05, 4.69) is 14.9 Å². The van der Waals surface area contributed by atoms with E-state index in [0.29, 0.717) is 34.1 Å². The van der Waals surface area contributed by atoms with Crippen molar-refractivity contribution in [2.75, 3.05) is 29.1 Å². The summed E-state index contributed by atoms with van der Waals surface area (Å²) in [5.74, 6) is -3.52. The Balaban J connectivity index is 1.46. The molecule has 14 heteroatoms. The summed E-state index contributed by atoms with van der Waals surface area (Å²) < 4.78 is 78.0. The smallest absolute Gasteiger partial charge is 0.267 e. The molecule has 2 saturated heterocycles. The van der Waals surface area contributed by atoms with Gasteiger partial charge in [0.2, 0.25) is 0 Å². The van der Waals surface area contributed by atoms with Crippen molar-refractivity contribution >= 4 is 43.9 Å². The van der Waals surface area contributed by atoms with Crippen LogP contribution in [0.1, 0.15) is 12.8 Å². The van der Waals surface area contributed by atoms with Crippen LogP contribution in [0.5, 0.6) is 0 Å². The summed E-state index contributed by atoms with van der Waals surface area (Å²) in [6, 6.07) is 8.79. The van der Waals surface area contributed by atoms with E-state index in [1.807, 2.05) is 11.0 Å². The number of hydrogen-bond donors (Lipinski definition) is 1. The van der Waals surface area contributed by atoms with E-state index in [4.69, 9.17) is 9.72 Å². The fourth-order valence-electron chi connectivity index (χ4n) is 5.01. The Labute approximate surface area is 236 Å². The number of fused-ring (bicyclic) bond motifs is 2. The van der Waals surface area contributed by atoms with E-state index in [0.717, 1.165) is 31.0 Å². The second-order valence-electron chi connectivity index (χ2n) is 9.26. The Morgan fingerprint density at radius 1 is 1.02 bits per heavy atom. The van der Waals surface area contributed by atoms with Gasteiger partial charge in [0, 0.05) is 11.8 Å². The lowest BCUT2D eigenvalue weighted by molar-refractivity contribution is 0.0906. The zero-order chi connectivity index (χ0) is 28.0. The fraction of sp³-hybridized carbons (Fsp3) is 0.269. The molecule has 2 bridgehead atoms. The average Bonchev–Trinajstić information content (AvgIpc) is 3.47. The molecule has 2 unspecified atom stereocenters. The second kappa shape index (κ2) is 10.7. The summed E-state index contributed by atoms with van der Waals surface area (Å²) in [5, 5.41) is 1.21. The van der Waals surface area contributed by atoms with Gasteiger partial charge in [-0.05, 0) is 49.4 Å². The molecule has 0 amide bonds. The molecule has 6 rings (SSSR count). The van der Waals surface area contributed by atoms with Gasteiger partial charge in [-0.2, -0.15) is 0 Å². The molecule has 0 saturated carbocycles. The fourth-order valence-corrected chi connectivity index (χ4v) is 7.76. The number of thioether (sulfide) groups is 1. The summed E-state index contributed by atoms with van der Waals surface area (Å²) in [6.45, 7) is 1.15. The van der Waals surface area contributed by atoms with Crippen LogP contribution in [-0.4, -0.2) is 54.9 Å². The number of anilines is 2. The monoisotopic (exact) mass is 605 g/mol. The minimum Gasteiger partial charge on any atom is -0.377 e. The molecule has 0 aliphatic carbocycles. The number of sulfonamides is 1. The van der Waals surface area contributed by atoms with Crippen molar-refractivity contribution in [3.05, 3.63) is 66.1 Å². The topological polar surface area (TPSA) is 97.3 Å². The van der Waals surface area contributed by atoms with Gasteiger partial charge < -0.3 is 9.64 Å². The summed E-state index contributed by atoms with van der Waals surface area (Å²) in [4.78, 5) is 15.3. The first-order valence-electron chi connectivity index (χ1n) is 12.3. The van der Waals surface area contributed by atoms with Crippen LogP contribution in [0.4, 0.5) is 24.0 Å². The third-order valence-corrected chi connectivity index (χ3v) is 9.88. The third kappa shape index (κ3) is 4.82. The number of aromatic nitrogens is 3. The molecule has 4 aromatic rings. The molecule has 2 fully saturated rings. The highest BCUT2D eigenvalue weighted by Gasteiger charge is 2.40. The van der Waals surface area contributed by atoms with Crippen molar-refractivity contribution < 1.29 is 26.3 Å². The standard InChI is InChI=1S/C26H22F3N5O3S3/c1-38-25-30-11-10-20(31-25)23-22(32-26(39-23)34-14-8-9-15(34)13-37-12-14)16-4-2-7-19(21(16)29)33-40(35,36)24-17(27)5-3-6-18(24)28/h2-7,10-11,14-15,33H,8-9,12-13H2,1H3. The van der Waals surface area contributed by atoms with E-state index in [1.165, 1.54) is 41.3 Å². The number of halogens is 3. The molecule has 4 heterocycles. The Bertz CT molecular complexity index is 1670. The van der Waals surface area contributed by atoms with Crippen LogP contribution >= 0.6 is 23.1 Å². The van der Waals surface area contributed by atoms with Crippen LogP contribution in [0.15, 0.2) is 58.7 Å². The Kier molecular flexibility index (Phi) is 7.19. The number of rotatable bonds is 7. The van der Waals surface area contributed by atoms with E-state index >= 15 is 4.39 Å². The maximum atomic E-state index is 16.0. The first-order chi connectivity index (χ1) is 19.3. The van der Waals surface area contributed by atoms with Crippen molar-refractivity contribution in [2.45, 2.75) is 35.0 Å². The quantitative estimate of drug-likeness (QED) is 0.216. The molecule has 1 N–H and O–H groups in total. The van der Waals surface area contributed by atoms with Crippen LogP contribution in [0.25, 0.3) is 21.8 Å². The lowest BCUT2D eigenvalue weighted by Gasteiger charge is -2.34. The molecule has 2 atom stereocenters. The lowest BCUT2D eigenvalue weighted by atomic mass is 10.1. The first kappa shape index (κ1) is 27.0. The summed E-state index contributed by atoms with van der Waals surface area (Å²) in [5.41, 5.74) is 0.348. The van der Waals surface area contributed by atoms with Crippen LogP contribution in [0.2, 0.25) is 0 Å². The molecular weight excluding hydrogens is 584 g/mol. The molecule has 208 valence electrons. The Morgan fingerprint density at radius 3 is 2.42 bits per heavy atom. The van der Waals surface area contributed by atoms with Gasteiger partial charge in [-0.15, -0.1) is 0 Å². The number of thiazole rings is 1. The molecule has 0 radical (unpaired) electrons. The molecule has 2 aromatic carbocycles. The summed E-state index contributed by atoms with van der Waals surface area (Å²) in [7, 11) is -4.79. The third-order valence-electron chi connectivity index (χ3n) is 6.81. The Hall–Kier alpha value is -3.20. The number of morpholine rings is 1. The van der Waals surface area contributed by atoms with Crippen LogP contribution in [-0.2, 0) is 14.8 Å². The maximum Gasteiger partial charge on any atom is 0.267 e. The minimum atomic E-state index is -4.79.